The molecule has 1 aromatic carbocycles. The maximum Gasteiger partial charge on any atom is 0.307 e. The second-order valence-electron chi connectivity index (χ2n) is 4.68. The molecule has 0 saturated carbocycles. The van der Waals surface area contributed by atoms with Crippen molar-refractivity contribution in [2.75, 3.05) is 27.0 Å². The van der Waals surface area contributed by atoms with Crippen molar-refractivity contribution in [1.29, 1.82) is 0 Å². The van der Waals surface area contributed by atoms with Gasteiger partial charge in [-0.3, -0.25) is 4.79 Å². The Hall–Kier alpha value is -1.40. The van der Waals surface area contributed by atoms with Gasteiger partial charge in [0.2, 0.25) is 0 Å². The Morgan fingerprint density at radius 2 is 2.15 bits per heavy atom. The zero-order valence-corrected chi connectivity index (χ0v) is 12.6. The highest BCUT2D eigenvalue weighted by Gasteiger charge is 2.32. The van der Waals surface area contributed by atoms with Crippen LogP contribution in [0.1, 0.15) is 18.0 Å². The lowest BCUT2D eigenvalue weighted by Gasteiger charge is -2.19. The van der Waals surface area contributed by atoms with Crippen LogP contribution in [0.25, 0.3) is 0 Å². The number of ether oxygens (including phenoxy) is 2. The first-order chi connectivity index (χ1) is 9.60. The number of hydrogen-bond donors (Lipinski definition) is 2. The summed E-state index contributed by atoms with van der Waals surface area (Å²) in [5, 5.41) is 12.4. The van der Waals surface area contributed by atoms with Crippen LogP contribution >= 0.6 is 11.8 Å². The van der Waals surface area contributed by atoms with Gasteiger partial charge in [0.05, 0.1) is 25.0 Å². The molecule has 2 unspecified atom stereocenters. The zero-order valence-electron chi connectivity index (χ0n) is 11.8. The average Bonchev–Trinajstić information content (AvgIpc) is 2.95. The largest absolute Gasteiger partial charge is 0.497 e. The number of aliphatic carboxylic acids is 1. The third kappa shape index (κ3) is 2.86. The Bertz CT molecular complexity index is 506. The van der Waals surface area contributed by atoms with Crippen molar-refractivity contribution in [3.05, 3.63) is 17.7 Å². The van der Waals surface area contributed by atoms with Crippen molar-refractivity contribution in [2.45, 2.75) is 17.4 Å². The summed E-state index contributed by atoms with van der Waals surface area (Å²) in [4.78, 5) is 12.1. The minimum absolute atomic E-state index is 0.0213. The predicted molar refractivity (Wildman–Crippen MR) is 77.8 cm³/mol. The number of rotatable bonds is 5. The number of carboxylic acids is 1. The van der Waals surface area contributed by atoms with Crippen molar-refractivity contribution >= 4 is 17.7 Å². The first-order valence-corrected chi connectivity index (χ1v) is 7.59. The van der Waals surface area contributed by atoms with Crippen LogP contribution in [0.4, 0.5) is 0 Å². The van der Waals surface area contributed by atoms with Gasteiger partial charge in [-0.1, -0.05) is 0 Å². The highest BCUT2D eigenvalue weighted by Crippen LogP contribution is 2.41. The molecule has 2 rings (SSSR count). The van der Waals surface area contributed by atoms with E-state index < -0.39 is 5.97 Å². The summed E-state index contributed by atoms with van der Waals surface area (Å²) >= 11 is 1.58. The van der Waals surface area contributed by atoms with Crippen LogP contribution in [0.5, 0.6) is 11.5 Å². The van der Waals surface area contributed by atoms with Crippen LogP contribution in [-0.4, -0.2) is 38.1 Å². The fourth-order valence-corrected chi connectivity index (χ4v) is 3.13. The van der Waals surface area contributed by atoms with Crippen LogP contribution < -0.4 is 14.8 Å². The summed E-state index contributed by atoms with van der Waals surface area (Å²) in [5.74, 6) is 0.438. The van der Waals surface area contributed by atoms with Crippen LogP contribution in [-0.2, 0) is 4.79 Å². The van der Waals surface area contributed by atoms with Gasteiger partial charge in [0.25, 0.3) is 0 Å². The van der Waals surface area contributed by atoms with E-state index in [2.05, 4.69) is 5.32 Å². The lowest BCUT2D eigenvalue weighted by Crippen LogP contribution is -2.17. The monoisotopic (exact) mass is 297 g/mol. The third-order valence-corrected chi connectivity index (χ3v) is 4.32. The quantitative estimate of drug-likeness (QED) is 0.812. The molecule has 0 aromatic heterocycles. The zero-order chi connectivity index (χ0) is 14.7. The lowest BCUT2D eigenvalue weighted by atomic mass is 9.99. The topological polar surface area (TPSA) is 67.8 Å². The van der Waals surface area contributed by atoms with Crippen LogP contribution in [0, 0.1) is 5.92 Å². The van der Waals surface area contributed by atoms with Gasteiger partial charge < -0.3 is 19.9 Å². The fraction of sp³-hybridized carbons (Fsp3) is 0.500. The van der Waals surface area contributed by atoms with E-state index in [1.807, 2.05) is 18.4 Å². The van der Waals surface area contributed by atoms with Gasteiger partial charge in [-0.2, -0.15) is 0 Å². The van der Waals surface area contributed by atoms with Gasteiger partial charge in [0.1, 0.15) is 11.5 Å². The molecule has 1 heterocycles. The molecule has 1 fully saturated rings. The average molecular weight is 297 g/mol. The summed E-state index contributed by atoms with van der Waals surface area (Å²) in [6.07, 6.45) is 2.54. The van der Waals surface area contributed by atoms with Gasteiger partial charge >= 0.3 is 5.97 Å². The molecule has 2 N–H and O–H groups in total. The van der Waals surface area contributed by atoms with E-state index >= 15 is 0 Å². The normalized spacial score (nSPS) is 21.8. The number of carboxylic acid groups (broad SMARTS) is 1. The molecule has 1 aliphatic rings. The van der Waals surface area contributed by atoms with Crippen molar-refractivity contribution in [1.82, 2.24) is 5.32 Å². The third-order valence-electron chi connectivity index (χ3n) is 3.57. The minimum Gasteiger partial charge on any atom is -0.497 e. The lowest BCUT2D eigenvalue weighted by molar-refractivity contribution is -0.141. The molecule has 5 nitrogen and oxygen atoms in total. The highest BCUT2D eigenvalue weighted by molar-refractivity contribution is 7.98. The van der Waals surface area contributed by atoms with Crippen LogP contribution in [0.15, 0.2) is 17.0 Å². The van der Waals surface area contributed by atoms with Crippen molar-refractivity contribution in [3.8, 4) is 11.5 Å². The first kappa shape index (κ1) is 15.0. The molecule has 0 spiro atoms. The summed E-state index contributed by atoms with van der Waals surface area (Å²) in [7, 11) is 3.26. The van der Waals surface area contributed by atoms with Gasteiger partial charge in [0, 0.05) is 18.2 Å². The molecular weight excluding hydrogens is 278 g/mol. The van der Waals surface area contributed by atoms with E-state index in [9.17, 15) is 4.79 Å². The van der Waals surface area contributed by atoms with E-state index in [0.717, 1.165) is 22.0 Å². The Labute approximate surface area is 122 Å². The molecule has 20 heavy (non-hydrogen) atoms. The molecule has 2 atom stereocenters. The minimum atomic E-state index is -0.757. The molecule has 6 heteroatoms. The molecule has 0 radical (unpaired) electrons. The molecule has 1 saturated heterocycles. The summed E-state index contributed by atoms with van der Waals surface area (Å²) in [5.41, 5.74) is 0.958. The number of methoxy groups -OCH3 is 2. The number of hydrogen-bond acceptors (Lipinski definition) is 5. The van der Waals surface area contributed by atoms with E-state index in [4.69, 9.17) is 14.6 Å². The molecular formula is C14H19NO4S. The Morgan fingerprint density at radius 3 is 2.65 bits per heavy atom. The number of benzene rings is 1. The van der Waals surface area contributed by atoms with Gasteiger partial charge in [0.15, 0.2) is 0 Å². The fourth-order valence-electron chi connectivity index (χ4n) is 2.50. The van der Waals surface area contributed by atoms with Crippen molar-refractivity contribution in [3.63, 3.8) is 0 Å². The molecule has 1 aromatic rings. The van der Waals surface area contributed by atoms with E-state index in [-0.39, 0.29) is 12.0 Å². The second-order valence-corrected chi connectivity index (χ2v) is 5.53. The van der Waals surface area contributed by atoms with E-state index in [0.29, 0.717) is 13.0 Å². The van der Waals surface area contributed by atoms with Crippen LogP contribution in [0.2, 0.25) is 0 Å². The van der Waals surface area contributed by atoms with Gasteiger partial charge in [-0.05, 0) is 24.8 Å². The highest BCUT2D eigenvalue weighted by atomic mass is 32.2. The Morgan fingerprint density at radius 1 is 1.40 bits per heavy atom. The van der Waals surface area contributed by atoms with Gasteiger partial charge in [-0.15, -0.1) is 11.8 Å². The summed E-state index contributed by atoms with van der Waals surface area (Å²) < 4.78 is 10.8. The standard InChI is InChI=1S/C14H19NO4S/c1-18-9-5-10(13(19-2)12(6-9)20-3)11-4-8(7-15-11)14(16)17/h5-6,8,11,15H,4,7H2,1-3H3,(H,16,17). The molecule has 0 bridgehead atoms. The summed E-state index contributed by atoms with van der Waals surface area (Å²) in [6, 6.07) is 3.82. The van der Waals surface area contributed by atoms with E-state index in [1.165, 1.54) is 0 Å². The number of thioether (sulfide) groups is 1. The molecule has 0 aliphatic carbocycles. The summed E-state index contributed by atoms with van der Waals surface area (Å²) in [6.45, 7) is 0.481. The number of carbonyl (C=O) groups is 1. The first-order valence-electron chi connectivity index (χ1n) is 6.36. The predicted octanol–water partition coefficient (Wildman–Crippen LogP) is 2.16. The maximum atomic E-state index is 11.1. The Balaban J connectivity index is 2.37. The van der Waals surface area contributed by atoms with Crippen molar-refractivity contribution in [2.24, 2.45) is 5.92 Å². The maximum absolute atomic E-state index is 11.1. The molecule has 0 amide bonds. The van der Waals surface area contributed by atoms with Gasteiger partial charge in [-0.25, -0.2) is 0 Å². The Kier molecular flexibility index (Phi) is 4.77. The molecule has 110 valence electrons. The van der Waals surface area contributed by atoms with Crippen LogP contribution in [0.3, 0.4) is 0 Å². The smallest absolute Gasteiger partial charge is 0.307 e. The number of nitrogens with one attached hydrogen (secondary N) is 1. The SMILES string of the molecule is COc1cc(SC)c(OC)c(C2CC(C(=O)O)CN2)c1. The molecule has 1 aliphatic heterocycles. The second kappa shape index (κ2) is 6.37. The van der Waals surface area contributed by atoms with E-state index in [1.54, 1.807) is 26.0 Å². The van der Waals surface area contributed by atoms with Crippen molar-refractivity contribution < 1.29 is 19.4 Å².